The highest BCUT2D eigenvalue weighted by Gasteiger charge is 2.32. The Morgan fingerprint density at radius 2 is 1.97 bits per heavy atom. The van der Waals surface area contributed by atoms with Crippen LogP contribution in [0.4, 0.5) is 24.5 Å². The van der Waals surface area contributed by atoms with E-state index in [-0.39, 0.29) is 29.9 Å². The highest BCUT2D eigenvalue weighted by molar-refractivity contribution is 9.10. The molecule has 1 amide bonds. The van der Waals surface area contributed by atoms with E-state index in [1.807, 2.05) is 6.07 Å². The molecule has 8 nitrogen and oxygen atoms in total. The highest BCUT2D eigenvalue weighted by atomic mass is 79.9. The molecule has 12 heteroatoms. The number of amides is 1. The van der Waals surface area contributed by atoms with Crippen molar-refractivity contribution < 1.29 is 22.7 Å². The fourth-order valence-electron chi connectivity index (χ4n) is 4.49. The van der Waals surface area contributed by atoms with E-state index in [0.29, 0.717) is 32.8 Å². The van der Waals surface area contributed by atoms with Gasteiger partial charge in [-0.3, -0.25) is 9.20 Å². The van der Waals surface area contributed by atoms with Crippen LogP contribution in [-0.4, -0.2) is 73.2 Å². The molecular weight excluding hydrogens is 577 g/mol. The summed E-state index contributed by atoms with van der Waals surface area (Å²) in [5.74, 6) is 5.90. The van der Waals surface area contributed by atoms with E-state index in [9.17, 15) is 18.0 Å². The predicted molar refractivity (Wildman–Crippen MR) is 149 cm³/mol. The Morgan fingerprint density at radius 3 is 2.64 bits per heavy atom. The molecule has 1 fully saturated rings. The molecular formula is C27H30BrF3N6O2. The number of methoxy groups -OCH3 is 1. The van der Waals surface area contributed by atoms with Gasteiger partial charge in [-0.1, -0.05) is 5.92 Å². The van der Waals surface area contributed by atoms with Crippen LogP contribution in [0.15, 0.2) is 34.9 Å². The SMILES string of the molecule is CNC(=O)c1ccc(NCC#Cc2nc3c(NC4CCN(C)CC4)cc(Br)cn3c2CC(F)(F)F)c(OC)c1. The molecule has 0 spiro atoms. The number of likely N-dealkylation sites (tertiary alicyclic amines) is 1. The number of rotatable bonds is 7. The maximum Gasteiger partial charge on any atom is 0.394 e. The van der Waals surface area contributed by atoms with Gasteiger partial charge in [0.25, 0.3) is 5.91 Å². The van der Waals surface area contributed by atoms with Crippen LogP contribution in [0.5, 0.6) is 5.75 Å². The van der Waals surface area contributed by atoms with Crippen LogP contribution in [-0.2, 0) is 6.42 Å². The Morgan fingerprint density at radius 1 is 1.23 bits per heavy atom. The molecule has 3 N–H and O–H groups in total. The van der Waals surface area contributed by atoms with Crippen molar-refractivity contribution in [3.8, 4) is 17.6 Å². The van der Waals surface area contributed by atoms with E-state index < -0.39 is 12.6 Å². The lowest BCUT2D eigenvalue weighted by Crippen LogP contribution is -2.36. The number of imidazole rings is 1. The van der Waals surface area contributed by atoms with E-state index in [2.05, 4.69) is 60.7 Å². The van der Waals surface area contributed by atoms with Gasteiger partial charge in [0, 0.05) is 29.3 Å². The summed E-state index contributed by atoms with van der Waals surface area (Å²) in [4.78, 5) is 18.7. The van der Waals surface area contributed by atoms with E-state index in [4.69, 9.17) is 4.74 Å². The van der Waals surface area contributed by atoms with E-state index >= 15 is 0 Å². The van der Waals surface area contributed by atoms with Crippen molar-refractivity contribution in [2.24, 2.45) is 0 Å². The molecule has 39 heavy (non-hydrogen) atoms. The Balaban J connectivity index is 1.61. The first-order valence-electron chi connectivity index (χ1n) is 12.4. The molecule has 3 heterocycles. The zero-order chi connectivity index (χ0) is 28.2. The maximum atomic E-state index is 13.6. The number of halogens is 4. The van der Waals surface area contributed by atoms with E-state index in [0.717, 1.165) is 25.9 Å². The molecule has 208 valence electrons. The largest absolute Gasteiger partial charge is 0.495 e. The van der Waals surface area contributed by atoms with Crippen LogP contribution in [0, 0.1) is 11.8 Å². The van der Waals surface area contributed by atoms with Crippen LogP contribution >= 0.6 is 15.9 Å². The fourth-order valence-corrected chi connectivity index (χ4v) is 4.92. The molecule has 2 aromatic heterocycles. The first kappa shape index (κ1) is 28.6. The summed E-state index contributed by atoms with van der Waals surface area (Å²) < 4.78 is 48.2. The third-order valence-corrected chi connectivity index (χ3v) is 6.93. The molecule has 0 atom stereocenters. The number of anilines is 2. The van der Waals surface area contributed by atoms with Crippen molar-refractivity contribution in [1.82, 2.24) is 19.6 Å². The number of ether oxygens (including phenoxy) is 1. The smallest absolute Gasteiger partial charge is 0.394 e. The number of pyridine rings is 1. The second kappa shape index (κ2) is 12.2. The zero-order valence-electron chi connectivity index (χ0n) is 21.9. The number of fused-ring (bicyclic) bond motifs is 1. The molecule has 1 saturated heterocycles. The number of hydrogen-bond donors (Lipinski definition) is 3. The van der Waals surface area contributed by atoms with E-state index in [1.165, 1.54) is 18.6 Å². The van der Waals surface area contributed by atoms with Crippen molar-refractivity contribution in [1.29, 1.82) is 0 Å². The molecule has 0 aliphatic carbocycles. The summed E-state index contributed by atoms with van der Waals surface area (Å²) in [6.07, 6.45) is -2.15. The van der Waals surface area contributed by atoms with Crippen LogP contribution < -0.4 is 20.7 Å². The average Bonchev–Trinajstić information content (AvgIpc) is 3.23. The second-order valence-corrected chi connectivity index (χ2v) is 10.3. The second-order valence-electron chi connectivity index (χ2n) is 9.34. The topological polar surface area (TPSA) is 82.9 Å². The minimum Gasteiger partial charge on any atom is -0.495 e. The van der Waals surface area contributed by atoms with Gasteiger partial charge in [-0.2, -0.15) is 13.2 Å². The van der Waals surface area contributed by atoms with Crippen LogP contribution in [0.25, 0.3) is 5.65 Å². The predicted octanol–water partition coefficient (Wildman–Crippen LogP) is 4.54. The highest BCUT2D eigenvalue weighted by Crippen LogP contribution is 2.30. The maximum absolute atomic E-state index is 13.6. The summed E-state index contributed by atoms with van der Waals surface area (Å²) in [5.41, 5.74) is 2.14. The summed E-state index contributed by atoms with van der Waals surface area (Å²) in [6.45, 7) is 2.01. The number of carbonyl (C=O) groups excluding carboxylic acids is 1. The summed E-state index contributed by atoms with van der Waals surface area (Å²) in [5, 5.41) is 9.12. The van der Waals surface area contributed by atoms with Gasteiger partial charge in [0.2, 0.25) is 0 Å². The number of carbonyl (C=O) groups is 1. The molecule has 0 radical (unpaired) electrons. The average molecular weight is 607 g/mol. The van der Waals surface area contributed by atoms with Crippen molar-refractivity contribution in [3.63, 3.8) is 0 Å². The molecule has 1 aromatic carbocycles. The van der Waals surface area contributed by atoms with Crippen molar-refractivity contribution in [2.45, 2.75) is 31.5 Å². The number of alkyl halides is 3. The Kier molecular flexibility index (Phi) is 8.92. The van der Waals surface area contributed by atoms with Crippen molar-refractivity contribution >= 4 is 38.9 Å². The molecule has 1 aliphatic rings. The molecule has 1 aliphatic heterocycles. The number of piperidine rings is 1. The lowest BCUT2D eigenvalue weighted by molar-refractivity contribution is -0.128. The van der Waals surface area contributed by atoms with Gasteiger partial charge in [-0.15, -0.1) is 0 Å². The van der Waals surface area contributed by atoms with Crippen LogP contribution in [0.3, 0.4) is 0 Å². The number of benzene rings is 1. The minimum atomic E-state index is -4.44. The zero-order valence-corrected chi connectivity index (χ0v) is 23.5. The van der Waals surface area contributed by atoms with Gasteiger partial charge >= 0.3 is 6.18 Å². The van der Waals surface area contributed by atoms with Gasteiger partial charge in [0.1, 0.15) is 11.4 Å². The molecule has 0 unspecified atom stereocenters. The first-order valence-corrected chi connectivity index (χ1v) is 13.2. The lowest BCUT2D eigenvalue weighted by atomic mass is 10.1. The Bertz CT molecular complexity index is 1400. The summed E-state index contributed by atoms with van der Waals surface area (Å²) >= 11 is 3.44. The van der Waals surface area contributed by atoms with Crippen molar-refractivity contribution in [2.75, 3.05) is 51.5 Å². The van der Waals surface area contributed by atoms with Crippen molar-refractivity contribution in [3.05, 3.63) is 51.9 Å². The standard InChI is InChI=1S/C27H30BrF3N6O2/c1-32-26(38)17-6-7-21(24(13-17)39-3)33-10-4-5-20-23(15-27(29,30)31)37-16-18(28)14-22(25(37)35-20)34-19-8-11-36(2)12-9-19/h6-7,13-14,16,19,33-34H,8-12,15H2,1-3H3,(H,32,38). The number of nitrogens with zero attached hydrogens (tertiary/aromatic N) is 3. The quantitative estimate of drug-likeness (QED) is 0.343. The third kappa shape index (κ3) is 7.16. The van der Waals surface area contributed by atoms with Gasteiger partial charge in [-0.25, -0.2) is 4.98 Å². The molecule has 3 aromatic rings. The fraction of sp³-hybridized carbons (Fsp3) is 0.407. The normalized spacial score (nSPS) is 14.5. The third-order valence-electron chi connectivity index (χ3n) is 6.50. The Labute approximate surface area is 233 Å². The van der Waals surface area contributed by atoms with Gasteiger partial charge in [0.05, 0.1) is 37.1 Å². The van der Waals surface area contributed by atoms with Gasteiger partial charge < -0.3 is 25.6 Å². The molecule has 4 rings (SSSR count). The van der Waals surface area contributed by atoms with Gasteiger partial charge in [0.15, 0.2) is 5.65 Å². The summed E-state index contributed by atoms with van der Waals surface area (Å²) in [7, 11) is 5.09. The Hall–Kier alpha value is -3.43. The monoisotopic (exact) mass is 606 g/mol. The van der Waals surface area contributed by atoms with Gasteiger partial charge in [-0.05, 0) is 79.1 Å². The number of hydrogen-bond acceptors (Lipinski definition) is 6. The van der Waals surface area contributed by atoms with Crippen LogP contribution in [0.2, 0.25) is 0 Å². The first-order chi connectivity index (χ1) is 18.6. The number of nitrogens with one attached hydrogen (secondary N) is 3. The summed E-state index contributed by atoms with van der Waals surface area (Å²) in [6, 6.07) is 6.95. The molecule has 0 bridgehead atoms. The minimum absolute atomic E-state index is 0.0229. The lowest BCUT2D eigenvalue weighted by Gasteiger charge is -2.30. The number of aromatic nitrogens is 2. The van der Waals surface area contributed by atoms with E-state index in [1.54, 1.807) is 24.4 Å². The molecule has 0 saturated carbocycles. The van der Waals surface area contributed by atoms with Crippen LogP contribution in [0.1, 0.15) is 34.6 Å².